The molecule has 0 saturated carbocycles. The van der Waals surface area contributed by atoms with Gasteiger partial charge < -0.3 is 15.4 Å². The first-order valence-electron chi connectivity index (χ1n) is 9.28. The Hall–Kier alpha value is -1.92. The molecule has 0 spiro atoms. The van der Waals surface area contributed by atoms with Crippen molar-refractivity contribution in [2.45, 2.75) is 33.7 Å². The van der Waals surface area contributed by atoms with Gasteiger partial charge in [-0.1, -0.05) is 44.2 Å². The van der Waals surface area contributed by atoms with Crippen LogP contribution in [0.5, 0.6) is 0 Å². The van der Waals surface area contributed by atoms with Crippen molar-refractivity contribution in [2.24, 2.45) is 10.9 Å². The topological polar surface area (TPSA) is 58.5 Å². The first kappa shape index (κ1) is 20.4. The predicted octanol–water partition coefficient (Wildman–Crippen LogP) is 3.93. The van der Waals surface area contributed by atoms with E-state index < -0.39 is 0 Å². The summed E-state index contributed by atoms with van der Waals surface area (Å²) in [6.45, 7) is 10.3. The van der Waals surface area contributed by atoms with Crippen molar-refractivity contribution >= 4 is 17.3 Å². The molecule has 1 heterocycles. The second kappa shape index (κ2) is 11.6. The third-order valence-corrected chi connectivity index (χ3v) is 4.38. The number of ether oxygens (including phenoxy) is 1. The van der Waals surface area contributed by atoms with Crippen molar-refractivity contribution in [1.29, 1.82) is 0 Å². The second-order valence-corrected chi connectivity index (χ2v) is 7.38. The van der Waals surface area contributed by atoms with Crippen LogP contribution in [0, 0.1) is 5.92 Å². The third-order valence-electron chi connectivity index (χ3n) is 3.55. The highest BCUT2D eigenvalue weighted by Gasteiger charge is 2.04. The van der Waals surface area contributed by atoms with Crippen LogP contribution in [0.25, 0.3) is 11.3 Å². The molecule has 0 atom stereocenters. The average Bonchev–Trinajstić information content (AvgIpc) is 3.12. The molecule has 2 aromatic rings. The fraction of sp³-hybridized carbons (Fsp3) is 0.500. The lowest BCUT2D eigenvalue weighted by molar-refractivity contribution is 0.108. The number of rotatable bonds is 10. The molecule has 2 rings (SSSR count). The van der Waals surface area contributed by atoms with E-state index >= 15 is 0 Å². The summed E-state index contributed by atoms with van der Waals surface area (Å²) in [5.41, 5.74) is 2.16. The van der Waals surface area contributed by atoms with Crippen molar-refractivity contribution < 1.29 is 4.74 Å². The summed E-state index contributed by atoms with van der Waals surface area (Å²) in [6.07, 6.45) is 0.965. The van der Waals surface area contributed by atoms with Crippen LogP contribution in [0.1, 0.15) is 32.2 Å². The fourth-order valence-corrected chi connectivity index (χ4v) is 3.04. The zero-order chi connectivity index (χ0) is 18.6. The number of hydrogen-bond donors (Lipinski definition) is 2. The van der Waals surface area contributed by atoms with Gasteiger partial charge in [-0.15, -0.1) is 11.3 Å². The number of benzene rings is 1. The van der Waals surface area contributed by atoms with Crippen LogP contribution < -0.4 is 10.6 Å². The number of aromatic nitrogens is 1. The largest absolute Gasteiger partial charge is 0.381 e. The highest BCUT2D eigenvalue weighted by molar-refractivity contribution is 7.09. The van der Waals surface area contributed by atoms with Crippen LogP contribution in [0.2, 0.25) is 0 Å². The Bertz CT molecular complexity index is 655. The molecule has 0 unspecified atom stereocenters. The molecule has 0 aliphatic rings. The van der Waals surface area contributed by atoms with Gasteiger partial charge in [-0.2, -0.15) is 0 Å². The van der Waals surface area contributed by atoms with E-state index in [9.17, 15) is 0 Å². The summed E-state index contributed by atoms with van der Waals surface area (Å²) in [6, 6.07) is 10.2. The summed E-state index contributed by atoms with van der Waals surface area (Å²) in [7, 11) is 0. The van der Waals surface area contributed by atoms with E-state index in [1.807, 2.05) is 18.2 Å². The van der Waals surface area contributed by atoms with E-state index in [1.165, 1.54) is 0 Å². The maximum atomic E-state index is 5.60. The van der Waals surface area contributed by atoms with E-state index in [0.29, 0.717) is 12.5 Å². The number of aliphatic imine (C=N–C) groups is 1. The molecule has 142 valence electrons. The predicted molar refractivity (Wildman–Crippen MR) is 111 cm³/mol. The van der Waals surface area contributed by atoms with Crippen molar-refractivity contribution in [1.82, 2.24) is 15.6 Å². The number of thiazole rings is 1. The summed E-state index contributed by atoms with van der Waals surface area (Å²) in [4.78, 5) is 9.32. The van der Waals surface area contributed by atoms with Gasteiger partial charge in [0.15, 0.2) is 5.96 Å². The summed E-state index contributed by atoms with van der Waals surface area (Å²) in [5.74, 6) is 1.41. The maximum absolute atomic E-state index is 5.60. The van der Waals surface area contributed by atoms with Gasteiger partial charge in [-0.3, -0.25) is 0 Å². The van der Waals surface area contributed by atoms with Crippen LogP contribution in [0.3, 0.4) is 0 Å². The SMILES string of the molecule is CCNC(=NCc1nc(-c2ccccc2)cs1)NCCCOCC(C)C. The van der Waals surface area contributed by atoms with Crippen molar-refractivity contribution in [3.8, 4) is 11.3 Å². The van der Waals surface area contributed by atoms with E-state index in [-0.39, 0.29) is 0 Å². The molecule has 26 heavy (non-hydrogen) atoms. The normalized spacial score (nSPS) is 11.8. The maximum Gasteiger partial charge on any atom is 0.191 e. The van der Waals surface area contributed by atoms with E-state index in [1.54, 1.807) is 11.3 Å². The smallest absolute Gasteiger partial charge is 0.191 e. The van der Waals surface area contributed by atoms with Gasteiger partial charge in [-0.25, -0.2) is 9.98 Å². The molecule has 5 nitrogen and oxygen atoms in total. The van der Waals surface area contributed by atoms with Crippen LogP contribution in [0.15, 0.2) is 40.7 Å². The van der Waals surface area contributed by atoms with E-state index in [4.69, 9.17) is 4.74 Å². The van der Waals surface area contributed by atoms with Crippen molar-refractivity contribution in [3.05, 3.63) is 40.7 Å². The zero-order valence-corrected chi connectivity index (χ0v) is 16.8. The van der Waals surface area contributed by atoms with Gasteiger partial charge in [-0.05, 0) is 19.3 Å². The molecule has 0 aliphatic heterocycles. The third kappa shape index (κ3) is 7.54. The summed E-state index contributed by atoms with van der Waals surface area (Å²) >= 11 is 1.65. The quantitative estimate of drug-likeness (QED) is 0.376. The molecule has 6 heteroatoms. The molecule has 1 aromatic carbocycles. The Balaban J connectivity index is 1.80. The van der Waals surface area contributed by atoms with Gasteiger partial charge in [0.1, 0.15) is 5.01 Å². The van der Waals surface area contributed by atoms with Crippen molar-refractivity contribution in [2.75, 3.05) is 26.3 Å². The van der Waals surface area contributed by atoms with Gasteiger partial charge in [0.05, 0.1) is 12.2 Å². The molecule has 1 aromatic heterocycles. The minimum absolute atomic E-state index is 0.580. The Morgan fingerprint density at radius 3 is 2.77 bits per heavy atom. The lowest BCUT2D eigenvalue weighted by Gasteiger charge is -2.11. The van der Waals surface area contributed by atoms with Gasteiger partial charge in [0, 0.05) is 37.2 Å². The average molecular weight is 375 g/mol. The first-order valence-corrected chi connectivity index (χ1v) is 10.2. The molecule has 0 amide bonds. The van der Waals surface area contributed by atoms with Gasteiger partial charge >= 0.3 is 0 Å². The first-order chi connectivity index (χ1) is 12.7. The Labute approximate surface area is 160 Å². The molecule has 0 radical (unpaired) electrons. The molecular weight excluding hydrogens is 344 g/mol. The van der Waals surface area contributed by atoms with Crippen molar-refractivity contribution in [3.63, 3.8) is 0 Å². The highest BCUT2D eigenvalue weighted by Crippen LogP contribution is 2.21. The lowest BCUT2D eigenvalue weighted by Crippen LogP contribution is -2.38. The van der Waals surface area contributed by atoms with Crippen LogP contribution in [-0.4, -0.2) is 37.2 Å². The Kier molecular flexibility index (Phi) is 9.14. The van der Waals surface area contributed by atoms with Crippen LogP contribution in [-0.2, 0) is 11.3 Å². The second-order valence-electron chi connectivity index (χ2n) is 6.44. The fourth-order valence-electron chi connectivity index (χ4n) is 2.31. The minimum Gasteiger partial charge on any atom is -0.381 e. The highest BCUT2D eigenvalue weighted by atomic mass is 32.1. The Morgan fingerprint density at radius 2 is 2.04 bits per heavy atom. The number of nitrogens with one attached hydrogen (secondary N) is 2. The lowest BCUT2D eigenvalue weighted by atomic mass is 10.2. The molecule has 0 saturated heterocycles. The van der Waals surface area contributed by atoms with Gasteiger partial charge in [0.2, 0.25) is 0 Å². The molecule has 0 fully saturated rings. The van der Waals surface area contributed by atoms with Crippen LogP contribution >= 0.6 is 11.3 Å². The summed E-state index contributed by atoms with van der Waals surface area (Å²) < 4.78 is 5.60. The number of guanidine groups is 1. The standard InChI is InChI=1S/C20H30N4OS/c1-4-21-20(22-11-8-12-25-14-16(2)3)23-13-19-24-18(15-26-19)17-9-6-5-7-10-17/h5-7,9-10,15-16H,4,8,11-14H2,1-3H3,(H2,21,22,23). The molecule has 0 aliphatic carbocycles. The zero-order valence-electron chi connectivity index (χ0n) is 16.0. The number of nitrogens with zero attached hydrogens (tertiary/aromatic N) is 2. The molecule has 2 N–H and O–H groups in total. The van der Waals surface area contributed by atoms with E-state index in [0.717, 1.165) is 54.9 Å². The van der Waals surface area contributed by atoms with Crippen LogP contribution in [0.4, 0.5) is 0 Å². The number of hydrogen-bond acceptors (Lipinski definition) is 4. The van der Waals surface area contributed by atoms with E-state index in [2.05, 4.69) is 58.9 Å². The van der Waals surface area contributed by atoms with Gasteiger partial charge in [0.25, 0.3) is 0 Å². The Morgan fingerprint density at radius 1 is 1.23 bits per heavy atom. The minimum atomic E-state index is 0.580. The monoisotopic (exact) mass is 374 g/mol. The summed E-state index contributed by atoms with van der Waals surface area (Å²) in [5, 5.41) is 9.73. The molecule has 0 bridgehead atoms. The molecular formula is C20H30N4OS.